The van der Waals surface area contributed by atoms with E-state index in [0.717, 1.165) is 81.5 Å². The molecular formula is C44H27N3O2S. The molecule has 0 saturated heterocycles. The molecule has 4 aromatic heterocycles. The molecule has 0 aliphatic heterocycles. The zero-order chi connectivity index (χ0) is 33.3. The van der Waals surface area contributed by atoms with Gasteiger partial charge >= 0.3 is 0 Å². The van der Waals surface area contributed by atoms with E-state index in [4.69, 9.17) is 23.8 Å². The van der Waals surface area contributed by atoms with E-state index in [9.17, 15) is 0 Å². The van der Waals surface area contributed by atoms with Crippen LogP contribution in [-0.4, -0.2) is 15.7 Å². The fourth-order valence-electron chi connectivity index (χ4n) is 6.94. The molecule has 5 nitrogen and oxygen atoms in total. The minimum atomic E-state index is 0.673. The average molecular weight is 662 g/mol. The summed E-state index contributed by atoms with van der Waals surface area (Å²) in [5.74, 6) is 0.673. The fraction of sp³-hybridized carbons (Fsp3) is 0.0227. The van der Waals surface area contributed by atoms with Crippen LogP contribution in [0.4, 0.5) is 0 Å². The number of hydrogen-bond acceptors (Lipinski definition) is 6. The first-order chi connectivity index (χ1) is 24.6. The van der Waals surface area contributed by atoms with Gasteiger partial charge in [-0.2, -0.15) is 0 Å². The molecule has 0 aliphatic carbocycles. The Morgan fingerprint density at radius 2 is 1.32 bits per heavy atom. The monoisotopic (exact) mass is 661 g/mol. The standard InChI is InChI=1S/C44H27N3O2S/c1-25(28-19-21-31-30-13-6-8-17-36(30)48-38(31)23-28)45-26(2)29-20-22-32-33-15-10-16-35(43(33)50-39(32)24-29)44-46-40(27-11-4-3-5-12-27)42-41(47-44)34-14-7-9-18-37(34)49-42/h3-24H,2H2,1H3. The Balaban J connectivity index is 1.06. The molecule has 10 aromatic rings. The van der Waals surface area contributed by atoms with Gasteiger partial charge in [0.25, 0.3) is 0 Å². The molecule has 0 amide bonds. The summed E-state index contributed by atoms with van der Waals surface area (Å²) in [4.78, 5) is 15.2. The van der Waals surface area contributed by atoms with Crippen LogP contribution in [0.15, 0.2) is 154 Å². The molecule has 0 atom stereocenters. The molecule has 0 fully saturated rings. The van der Waals surface area contributed by atoms with Gasteiger partial charge in [0.05, 0.1) is 5.70 Å². The number of nitrogens with zero attached hydrogens (tertiary/aromatic N) is 3. The maximum atomic E-state index is 6.34. The third-order valence-electron chi connectivity index (χ3n) is 9.44. The van der Waals surface area contributed by atoms with E-state index in [-0.39, 0.29) is 0 Å². The zero-order valence-electron chi connectivity index (χ0n) is 27.0. The van der Waals surface area contributed by atoms with Crippen LogP contribution in [-0.2, 0) is 0 Å². The van der Waals surface area contributed by atoms with Crippen molar-refractivity contribution < 1.29 is 8.83 Å². The summed E-state index contributed by atoms with van der Waals surface area (Å²) in [5, 5.41) is 5.54. The third kappa shape index (κ3) is 4.50. The average Bonchev–Trinajstić information content (AvgIpc) is 3.85. The fourth-order valence-corrected chi connectivity index (χ4v) is 8.19. The van der Waals surface area contributed by atoms with Crippen LogP contribution in [0.2, 0.25) is 0 Å². The zero-order valence-corrected chi connectivity index (χ0v) is 27.8. The van der Waals surface area contributed by atoms with Gasteiger partial charge in [-0.25, -0.2) is 9.97 Å². The summed E-state index contributed by atoms with van der Waals surface area (Å²) >= 11 is 1.74. The highest BCUT2D eigenvalue weighted by Gasteiger charge is 2.20. The number of fused-ring (bicyclic) bond motifs is 9. The Labute approximate surface area is 290 Å². The first kappa shape index (κ1) is 28.6. The van der Waals surface area contributed by atoms with Crippen molar-refractivity contribution in [2.75, 3.05) is 0 Å². The summed E-state index contributed by atoms with van der Waals surface area (Å²) in [6.07, 6.45) is 0. The summed E-state index contributed by atoms with van der Waals surface area (Å²) < 4.78 is 14.8. The molecule has 0 radical (unpaired) electrons. The van der Waals surface area contributed by atoms with Crippen molar-refractivity contribution in [3.05, 3.63) is 151 Å². The van der Waals surface area contributed by atoms with Crippen LogP contribution < -0.4 is 0 Å². The highest BCUT2D eigenvalue weighted by atomic mass is 32.1. The number of furan rings is 2. The van der Waals surface area contributed by atoms with Gasteiger partial charge in [0, 0.05) is 58.7 Å². The van der Waals surface area contributed by atoms with E-state index in [0.29, 0.717) is 17.1 Å². The Hall–Kier alpha value is -6.37. The Bertz CT molecular complexity index is 3020. The number of aliphatic imine (C=N–C) groups is 1. The number of benzene rings is 6. The Morgan fingerprint density at radius 1 is 0.620 bits per heavy atom. The van der Waals surface area contributed by atoms with Crippen LogP contribution in [0.5, 0.6) is 0 Å². The van der Waals surface area contributed by atoms with Crippen molar-refractivity contribution in [2.45, 2.75) is 6.92 Å². The maximum absolute atomic E-state index is 6.34. The number of hydrogen-bond donors (Lipinski definition) is 0. The summed E-state index contributed by atoms with van der Waals surface area (Å²) in [5.41, 5.74) is 10.4. The van der Waals surface area contributed by atoms with Crippen molar-refractivity contribution in [3.63, 3.8) is 0 Å². The van der Waals surface area contributed by atoms with Crippen molar-refractivity contribution in [2.24, 2.45) is 4.99 Å². The number of aromatic nitrogens is 2. The van der Waals surface area contributed by atoms with Crippen LogP contribution in [0, 0.1) is 0 Å². The molecule has 4 heterocycles. The van der Waals surface area contributed by atoms with Crippen molar-refractivity contribution in [1.82, 2.24) is 9.97 Å². The summed E-state index contributed by atoms with van der Waals surface area (Å²) in [7, 11) is 0. The Morgan fingerprint density at radius 3 is 2.18 bits per heavy atom. The molecule has 236 valence electrons. The van der Waals surface area contributed by atoms with Gasteiger partial charge in [0.15, 0.2) is 11.4 Å². The number of thiophene rings is 1. The van der Waals surface area contributed by atoms with E-state index in [1.165, 1.54) is 10.8 Å². The minimum absolute atomic E-state index is 0.673. The maximum Gasteiger partial charge on any atom is 0.180 e. The van der Waals surface area contributed by atoms with Gasteiger partial charge in [0.2, 0.25) is 0 Å². The highest BCUT2D eigenvalue weighted by molar-refractivity contribution is 7.26. The lowest BCUT2D eigenvalue weighted by Gasteiger charge is -2.07. The summed E-state index contributed by atoms with van der Waals surface area (Å²) in [6, 6.07) is 45.5. The molecule has 10 rings (SSSR count). The molecule has 0 N–H and O–H groups in total. The topological polar surface area (TPSA) is 64.4 Å². The number of rotatable bonds is 5. The van der Waals surface area contributed by atoms with Gasteiger partial charge < -0.3 is 8.83 Å². The quantitative estimate of drug-likeness (QED) is 0.172. The van der Waals surface area contributed by atoms with Crippen molar-refractivity contribution in [3.8, 4) is 22.6 Å². The van der Waals surface area contributed by atoms with Gasteiger partial charge in [-0.3, -0.25) is 4.99 Å². The van der Waals surface area contributed by atoms with Crippen molar-refractivity contribution >= 4 is 86.9 Å². The van der Waals surface area contributed by atoms with E-state index in [2.05, 4.69) is 85.4 Å². The van der Waals surface area contributed by atoms with E-state index in [1.807, 2.05) is 61.5 Å². The Kier molecular flexibility index (Phi) is 6.35. The van der Waals surface area contributed by atoms with Crippen molar-refractivity contribution in [1.29, 1.82) is 0 Å². The van der Waals surface area contributed by atoms with Gasteiger partial charge in [-0.05, 0) is 55.0 Å². The lowest BCUT2D eigenvalue weighted by molar-refractivity contribution is 0.667. The third-order valence-corrected chi connectivity index (χ3v) is 10.6. The second-order valence-electron chi connectivity index (χ2n) is 12.5. The molecule has 0 aliphatic rings. The molecular weight excluding hydrogens is 635 g/mol. The van der Waals surface area contributed by atoms with Gasteiger partial charge in [-0.1, -0.05) is 97.6 Å². The van der Waals surface area contributed by atoms with E-state index in [1.54, 1.807) is 11.3 Å². The lowest BCUT2D eigenvalue weighted by Crippen LogP contribution is -1.95. The first-order valence-electron chi connectivity index (χ1n) is 16.5. The van der Waals surface area contributed by atoms with Crippen LogP contribution in [0.25, 0.3) is 92.5 Å². The molecule has 0 saturated carbocycles. The SMILES string of the molecule is C=C(N=C(C)c1ccc2c(c1)oc1ccccc12)c1ccc2c(c1)sc1c(-c3nc(-c4ccccc4)c4oc5ccccc5c4n3)cccc12. The molecule has 6 heteroatoms. The molecule has 50 heavy (non-hydrogen) atoms. The predicted molar refractivity (Wildman–Crippen MR) is 208 cm³/mol. The van der Waals surface area contributed by atoms with Crippen LogP contribution in [0.1, 0.15) is 18.1 Å². The normalized spacial score (nSPS) is 12.3. The smallest absolute Gasteiger partial charge is 0.180 e. The van der Waals surface area contributed by atoms with Crippen LogP contribution in [0.3, 0.4) is 0 Å². The predicted octanol–water partition coefficient (Wildman–Crippen LogP) is 12.5. The molecule has 6 aromatic carbocycles. The van der Waals surface area contributed by atoms with Gasteiger partial charge in [-0.15, -0.1) is 11.3 Å². The lowest BCUT2D eigenvalue weighted by atomic mass is 10.1. The van der Waals surface area contributed by atoms with E-state index < -0.39 is 0 Å². The highest BCUT2D eigenvalue weighted by Crippen LogP contribution is 2.42. The summed E-state index contributed by atoms with van der Waals surface area (Å²) in [6.45, 7) is 6.38. The molecule has 0 bridgehead atoms. The number of para-hydroxylation sites is 2. The first-order valence-corrected chi connectivity index (χ1v) is 17.3. The molecule has 0 spiro atoms. The largest absolute Gasteiger partial charge is 0.456 e. The minimum Gasteiger partial charge on any atom is -0.456 e. The second-order valence-corrected chi connectivity index (χ2v) is 13.5. The molecule has 0 unspecified atom stereocenters. The second kappa shape index (κ2) is 11.1. The van der Waals surface area contributed by atoms with Crippen LogP contribution >= 0.6 is 11.3 Å². The van der Waals surface area contributed by atoms with E-state index >= 15 is 0 Å². The van der Waals surface area contributed by atoms with Gasteiger partial charge in [0.1, 0.15) is 28.0 Å².